The number of benzene rings is 2. The van der Waals surface area contributed by atoms with Crippen molar-refractivity contribution in [3.63, 3.8) is 0 Å². The average Bonchev–Trinajstić information content (AvgIpc) is 2.44. The summed E-state index contributed by atoms with van der Waals surface area (Å²) in [4.78, 5) is 0. The number of rotatable bonds is 4. The zero-order valence-corrected chi connectivity index (χ0v) is 13.9. The zero-order valence-electron chi connectivity index (χ0n) is 11.8. The molecule has 4 heteroatoms. The van der Waals surface area contributed by atoms with E-state index < -0.39 is 0 Å². The van der Waals surface area contributed by atoms with E-state index in [1.165, 1.54) is 11.6 Å². The van der Waals surface area contributed by atoms with Crippen molar-refractivity contribution in [2.45, 2.75) is 24.8 Å². The molecule has 2 nitrogen and oxygen atoms in total. The second-order valence-corrected chi connectivity index (χ2v) is 6.54. The van der Waals surface area contributed by atoms with E-state index in [4.69, 9.17) is 4.74 Å². The minimum absolute atomic E-state index is 0.189. The maximum atomic E-state index is 13.1. The molecule has 0 heterocycles. The van der Waals surface area contributed by atoms with Gasteiger partial charge in [0, 0.05) is 15.3 Å². The first-order valence-electron chi connectivity index (χ1n) is 7.02. The molecule has 21 heavy (non-hydrogen) atoms. The van der Waals surface area contributed by atoms with E-state index in [2.05, 4.69) is 40.0 Å². The topological polar surface area (TPSA) is 21.3 Å². The van der Waals surface area contributed by atoms with Crippen LogP contribution >= 0.6 is 22.6 Å². The molecule has 1 aliphatic rings. The van der Waals surface area contributed by atoms with Gasteiger partial charge in [0.2, 0.25) is 0 Å². The van der Waals surface area contributed by atoms with Crippen molar-refractivity contribution in [1.82, 2.24) is 0 Å². The molecule has 2 aromatic carbocycles. The van der Waals surface area contributed by atoms with Crippen LogP contribution < -0.4 is 10.1 Å². The van der Waals surface area contributed by atoms with Crippen LogP contribution in [0.15, 0.2) is 42.5 Å². The van der Waals surface area contributed by atoms with Crippen molar-refractivity contribution in [1.29, 1.82) is 0 Å². The smallest absolute Gasteiger partial charge is 0.124 e. The summed E-state index contributed by atoms with van der Waals surface area (Å²) in [5.74, 6) is 1.32. The van der Waals surface area contributed by atoms with Crippen LogP contribution in [0.1, 0.15) is 24.3 Å². The van der Waals surface area contributed by atoms with Gasteiger partial charge in [-0.1, -0.05) is 18.2 Å². The van der Waals surface area contributed by atoms with E-state index in [1.54, 1.807) is 13.2 Å². The summed E-state index contributed by atoms with van der Waals surface area (Å²) in [5.41, 5.74) is 2.30. The van der Waals surface area contributed by atoms with Crippen LogP contribution in [0.5, 0.6) is 5.75 Å². The van der Waals surface area contributed by atoms with E-state index in [0.717, 1.165) is 27.8 Å². The summed E-state index contributed by atoms with van der Waals surface area (Å²) in [6.07, 6.45) is 2.15. The standard InChI is InChI=1S/C17H17FINO/c1-21-17-5-3-2-4-14(17)11-8-13(9-11)20-16-7-6-12(18)10-15(16)19/h2-7,10-11,13,20H,8-9H2,1H3. The van der Waals surface area contributed by atoms with Gasteiger partial charge in [-0.2, -0.15) is 0 Å². The molecule has 3 rings (SSSR count). The van der Waals surface area contributed by atoms with Crippen LogP contribution in [0.4, 0.5) is 10.1 Å². The van der Waals surface area contributed by atoms with E-state index in [1.807, 2.05) is 18.2 Å². The number of hydrogen-bond acceptors (Lipinski definition) is 2. The van der Waals surface area contributed by atoms with Crippen LogP contribution in [-0.4, -0.2) is 13.2 Å². The predicted octanol–water partition coefficient (Wildman–Crippen LogP) is 4.80. The van der Waals surface area contributed by atoms with E-state index in [9.17, 15) is 4.39 Å². The van der Waals surface area contributed by atoms with Crippen LogP contribution in [0.2, 0.25) is 0 Å². The van der Waals surface area contributed by atoms with Gasteiger partial charge in [-0.3, -0.25) is 0 Å². The fraction of sp³-hybridized carbons (Fsp3) is 0.294. The second kappa shape index (κ2) is 6.22. The van der Waals surface area contributed by atoms with Gasteiger partial charge in [-0.05, 0) is 71.2 Å². The Morgan fingerprint density at radius 3 is 2.67 bits per heavy atom. The number of nitrogens with one attached hydrogen (secondary N) is 1. The summed E-state index contributed by atoms with van der Waals surface area (Å²) in [6, 6.07) is 13.5. The highest BCUT2D eigenvalue weighted by molar-refractivity contribution is 14.1. The number of hydrogen-bond donors (Lipinski definition) is 1. The lowest BCUT2D eigenvalue weighted by atomic mass is 9.75. The molecule has 0 aliphatic heterocycles. The van der Waals surface area contributed by atoms with Crippen LogP contribution in [-0.2, 0) is 0 Å². The molecule has 1 N–H and O–H groups in total. The van der Waals surface area contributed by atoms with Gasteiger partial charge in [0.05, 0.1) is 7.11 Å². The average molecular weight is 397 g/mol. The fourth-order valence-electron chi connectivity index (χ4n) is 2.82. The molecule has 0 unspecified atom stereocenters. The number of para-hydroxylation sites is 1. The van der Waals surface area contributed by atoms with Gasteiger partial charge in [-0.25, -0.2) is 4.39 Å². The van der Waals surface area contributed by atoms with Crippen molar-refractivity contribution in [2.75, 3.05) is 12.4 Å². The molecule has 110 valence electrons. The molecule has 0 bridgehead atoms. The summed E-state index contributed by atoms with van der Waals surface area (Å²) in [6.45, 7) is 0. The van der Waals surface area contributed by atoms with Gasteiger partial charge >= 0.3 is 0 Å². The maximum Gasteiger partial charge on any atom is 0.124 e. The molecule has 1 aliphatic carbocycles. The SMILES string of the molecule is COc1ccccc1C1CC(Nc2ccc(F)cc2I)C1. The third-order valence-corrected chi connectivity index (χ3v) is 4.90. The first-order chi connectivity index (χ1) is 10.2. The van der Waals surface area contributed by atoms with Crippen molar-refractivity contribution in [2.24, 2.45) is 0 Å². The van der Waals surface area contributed by atoms with Gasteiger partial charge in [-0.15, -0.1) is 0 Å². The second-order valence-electron chi connectivity index (χ2n) is 5.38. The third-order valence-electron chi connectivity index (χ3n) is 4.01. The molecule has 2 aromatic rings. The lowest BCUT2D eigenvalue weighted by Gasteiger charge is -2.37. The highest BCUT2D eigenvalue weighted by Gasteiger charge is 2.32. The third kappa shape index (κ3) is 3.15. The summed E-state index contributed by atoms with van der Waals surface area (Å²) in [5, 5.41) is 3.50. The van der Waals surface area contributed by atoms with Gasteiger partial charge in [0.15, 0.2) is 0 Å². The Hall–Kier alpha value is -1.30. The van der Waals surface area contributed by atoms with Gasteiger partial charge < -0.3 is 10.1 Å². The minimum atomic E-state index is -0.189. The molecule has 1 fully saturated rings. The number of ether oxygens (including phenoxy) is 1. The Morgan fingerprint density at radius 2 is 1.95 bits per heavy atom. The Balaban J connectivity index is 1.63. The molecule has 0 atom stereocenters. The van der Waals surface area contributed by atoms with E-state index in [0.29, 0.717) is 12.0 Å². The van der Waals surface area contributed by atoms with Gasteiger partial charge in [0.1, 0.15) is 11.6 Å². The predicted molar refractivity (Wildman–Crippen MR) is 91.5 cm³/mol. The zero-order chi connectivity index (χ0) is 14.8. The van der Waals surface area contributed by atoms with E-state index in [-0.39, 0.29) is 5.82 Å². The number of methoxy groups -OCH3 is 1. The lowest BCUT2D eigenvalue weighted by Crippen LogP contribution is -2.34. The van der Waals surface area contributed by atoms with Gasteiger partial charge in [0.25, 0.3) is 0 Å². The molecule has 0 saturated heterocycles. The Labute approximate surface area is 137 Å². The van der Waals surface area contributed by atoms with E-state index >= 15 is 0 Å². The highest BCUT2D eigenvalue weighted by Crippen LogP contribution is 2.42. The molecule has 1 saturated carbocycles. The number of anilines is 1. The molecular weight excluding hydrogens is 380 g/mol. The van der Waals surface area contributed by atoms with Crippen LogP contribution in [0.25, 0.3) is 0 Å². The highest BCUT2D eigenvalue weighted by atomic mass is 127. The maximum absolute atomic E-state index is 13.1. The minimum Gasteiger partial charge on any atom is -0.496 e. The molecule has 0 spiro atoms. The Kier molecular flexibility index (Phi) is 4.33. The summed E-state index contributed by atoms with van der Waals surface area (Å²) in [7, 11) is 1.72. The Morgan fingerprint density at radius 1 is 1.19 bits per heavy atom. The largest absolute Gasteiger partial charge is 0.496 e. The number of halogens is 2. The normalized spacial score (nSPS) is 20.7. The molecular formula is C17H17FINO. The molecule has 0 amide bonds. The van der Waals surface area contributed by atoms with Crippen LogP contribution in [0, 0.1) is 9.39 Å². The van der Waals surface area contributed by atoms with Crippen molar-refractivity contribution >= 4 is 28.3 Å². The quantitative estimate of drug-likeness (QED) is 0.749. The first kappa shape index (κ1) is 14.6. The summed E-state index contributed by atoms with van der Waals surface area (Å²) >= 11 is 2.17. The molecule has 0 radical (unpaired) electrons. The van der Waals surface area contributed by atoms with Crippen molar-refractivity contribution < 1.29 is 9.13 Å². The Bertz CT molecular complexity index is 640. The molecule has 0 aromatic heterocycles. The first-order valence-corrected chi connectivity index (χ1v) is 8.09. The monoisotopic (exact) mass is 397 g/mol. The van der Waals surface area contributed by atoms with Crippen molar-refractivity contribution in [3.8, 4) is 5.75 Å². The lowest BCUT2D eigenvalue weighted by molar-refractivity contribution is 0.349. The fourth-order valence-corrected chi connectivity index (χ4v) is 3.45. The summed E-state index contributed by atoms with van der Waals surface area (Å²) < 4.78 is 19.5. The van der Waals surface area contributed by atoms with Crippen molar-refractivity contribution in [3.05, 3.63) is 57.4 Å². The van der Waals surface area contributed by atoms with Crippen LogP contribution in [0.3, 0.4) is 0 Å².